The minimum atomic E-state index is -2.70. The van der Waals surface area contributed by atoms with Crippen LogP contribution in [0.5, 0.6) is 0 Å². The molecule has 8 aromatic carbocycles. The summed E-state index contributed by atoms with van der Waals surface area (Å²) in [4.78, 5) is 56.9. The number of anilines is 1. The van der Waals surface area contributed by atoms with E-state index < -0.39 is 47.7 Å². The van der Waals surface area contributed by atoms with Crippen LogP contribution in [0.1, 0.15) is 39.6 Å². The highest BCUT2D eigenvalue weighted by Crippen LogP contribution is 2.48. The third kappa shape index (κ3) is 9.95. The number of nitrogens with zero attached hydrogens (tertiary/aromatic N) is 3. The average molecular weight is 1070 g/mol. The number of ether oxygens (including phenoxy) is 1. The first kappa shape index (κ1) is 50.6. The lowest BCUT2D eigenvalue weighted by atomic mass is 9.77. The van der Waals surface area contributed by atoms with Crippen molar-refractivity contribution in [1.29, 1.82) is 0 Å². The molecule has 1 fully saturated rings. The Labute approximate surface area is 456 Å². The van der Waals surface area contributed by atoms with E-state index in [1.165, 1.54) is 35.1 Å². The van der Waals surface area contributed by atoms with Gasteiger partial charge in [-0.2, -0.15) is 0 Å². The molecule has 1 aromatic heterocycles. The summed E-state index contributed by atoms with van der Waals surface area (Å²) in [5, 5.41) is 15.8. The van der Waals surface area contributed by atoms with E-state index in [9.17, 15) is 4.79 Å². The molecule has 380 valence electrons. The first-order valence-corrected chi connectivity index (χ1v) is 28.9. The van der Waals surface area contributed by atoms with Crippen LogP contribution < -0.4 is 26.5 Å². The summed E-state index contributed by atoms with van der Waals surface area (Å²) in [7, 11) is 1.36. The maximum atomic E-state index is 15.4. The second-order valence-corrected chi connectivity index (χ2v) is 23.5. The van der Waals surface area contributed by atoms with Gasteiger partial charge in [-0.3, -0.25) is 14.5 Å². The van der Waals surface area contributed by atoms with Gasteiger partial charge in [0, 0.05) is 11.1 Å². The Bertz CT molecular complexity index is 3390. The summed E-state index contributed by atoms with van der Waals surface area (Å²) in [6.07, 6.45) is -0.793. The van der Waals surface area contributed by atoms with Crippen molar-refractivity contribution in [2.24, 2.45) is 5.16 Å². The van der Waals surface area contributed by atoms with Crippen LogP contribution in [0.4, 0.5) is 5.13 Å². The smallest absolute Gasteiger partial charge is 0.356 e. The van der Waals surface area contributed by atoms with Crippen LogP contribution in [0.25, 0.3) is 0 Å². The number of hydrogen-bond donors (Lipinski definition) is 2. The molecule has 13 heteroatoms. The molecule has 0 bridgehead atoms. The van der Waals surface area contributed by atoms with Crippen LogP contribution in [-0.4, -0.2) is 63.5 Å². The predicted octanol–water partition coefficient (Wildman–Crippen LogP) is 10.7. The molecule has 0 radical (unpaired) electrons. The number of carbonyl (C=O) groups excluding carboxylic acids is 3. The molecule has 11 rings (SSSR count). The lowest BCUT2D eigenvalue weighted by Crippen LogP contribution is -2.71. The molecule has 2 aliphatic rings. The summed E-state index contributed by atoms with van der Waals surface area (Å²) >= 11 is 2.79. The van der Waals surface area contributed by atoms with Gasteiger partial charge in [-0.05, 0) is 62.0 Å². The number of thiazole rings is 1. The van der Waals surface area contributed by atoms with Crippen LogP contribution in [0.2, 0.25) is 0 Å². The minimum absolute atomic E-state index is 0.116. The van der Waals surface area contributed by atoms with Gasteiger partial charge in [-0.1, -0.05) is 248 Å². The fourth-order valence-electron chi connectivity index (χ4n) is 10.3. The Morgan fingerprint density at radius 2 is 1.08 bits per heavy atom. The molecule has 3 heterocycles. The van der Waals surface area contributed by atoms with Crippen LogP contribution in [0.15, 0.2) is 264 Å². The highest BCUT2D eigenvalue weighted by atomic mass is 32.2. The summed E-state index contributed by atoms with van der Waals surface area (Å²) in [5.74, 6) is 0.761. The highest BCUT2D eigenvalue weighted by molar-refractivity contribution is 8.00. The van der Waals surface area contributed by atoms with Crippen molar-refractivity contribution in [3.05, 3.63) is 293 Å². The first-order chi connectivity index (χ1) is 37.9. The highest BCUT2D eigenvalue weighted by Gasteiger charge is 2.55. The number of oxime groups is 1. The zero-order valence-corrected chi connectivity index (χ0v) is 44.4. The monoisotopic (exact) mass is 1070 g/mol. The number of β-lactam (4-membered cyclic amide) rings is 1. The number of aromatic nitrogens is 1. The van der Waals surface area contributed by atoms with Gasteiger partial charge in [0.25, 0.3) is 11.8 Å². The molecule has 2 unspecified atom stereocenters. The summed E-state index contributed by atoms with van der Waals surface area (Å²) in [6, 6.07) is 79.6. The van der Waals surface area contributed by atoms with Gasteiger partial charge in [0.2, 0.25) is 0 Å². The van der Waals surface area contributed by atoms with Gasteiger partial charge in [0.05, 0.1) is 0 Å². The first-order valence-electron chi connectivity index (χ1n) is 25.1. The molecule has 0 saturated carbocycles. The van der Waals surface area contributed by atoms with Crippen LogP contribution >= 0.6 is 30.0 Å². The Morgan fingerprint density at radius 1 is 0.649 bits per heavy atom. The van der Waals surface area contributed by atoms with E-state index in [1.54, 1.807) is 5.38 Å². The van der Waals surface area contributed by atoms with E-state index in [-0.39, 0.29) is 17.1 Å². The molecule has 1 saturated heterocycles. The lowest BCUT2D eigenvalue weighted by molar-refractivity contribution is -0.154. The lowest BCUT2D eigenvalue weighted by Gasteiger charge is -2.49. The summed E-state index contributed by atoms with van der Waals surface area (Å²) in [6.45, 7) is -2.70. The molecular formula is C64H52N5O5PS2. The van der Waals surface area contributed by atoms with Gasteiger partial charge >= 0.3 is 5.97 Å². The topological polar surface area (TPSA) is 122 Å². The standard InChI is InChI=1S/C64H52N5O5PS2/c1-73-68-55(54-44-77-63(65-54)67-64(48-30-14-4-15-31-48,49-32-16-5-17-33-49)50-34-18-6-19-35-50)59(70)66-56-60(71)69-57(62(72)74-58(45-26-10-2-11-27-45)46-28-12-3-13-29-46)47(43-76-61(56)69)42-75(51-36-20-7-21-37-51,52-38-22-8-23-39-52)53-40-24-9-25-41-53/h2-42,44,56,58,61H,43H2,1H3,(H,65,67)(H,66,70)/b68-55-. The van der Waals surface area contributed by atoms with E-state index in [2.05, 4.69) is 94.4 Å². The van der Waals surface area contributed by atoms with Crippen molar-refractivity contribution in [3.63, 3.8) is 0 Å². The van der Waals surface area contributed by atoms with E-state index in [0.29, 0.717) is 16.5 Å². The molecule has 77 heavy (non-hydrogen) atoms. The number of fused-ring (bicyclic) bond motifs is 1. The fourth-order valence-corrected chi connectivity index (χ4v) is 16.4. The van der Waals surface area contributed by atoms with E-state index in [4.69, 9.17) is 14.6 Å². The number of esters is 1. The SMILES string of the molecule is CO/N=C(\C(=O)NC1C(=O)N2C(C(=O)OC(c3ccccc3)c3ccccc3)=C(C=P(c3ccccc3)(c3ccccc3)c3ccccc3)CSC12)c1csc(NC(c2ccccc2)(c2ccccc2)c2ccccc2)n1. The number of rotatable bonds is 17. The third-order valence-electron chi connectivity index (χ3n) is 13.8. The van der Waals surface area contributed by atoms with Crippen LogP contribution in [-0.2, 0) is 29.5 Å². The van der Waals surface area contributed by atoms with Crippen molar-refractivity contribution in [3.8, 4) is 0 Å². The minimum Gasteiger partial charge on any atom is -0.448 e. The van der Waals surface area contributed by atoms with Gasteiger partial charge in [0.1, 0.15) is 35.5 Å². The summed E-state index contributed by atoms with van der Waals surface area (Å²) < 4.78 is 6.65. The molecule has 10 nitrogen and oxygen atoms in total. The molecule has 2 N–H and O–H groups in total. The molecule has 0 aliphatic carbocycles. The van der Waals surface area contributed by atoms with Gasteiger partial charge in [-0.15, -0.1) is 23.1 Å². The maximum absolute atomic E-state index is 15.4. The molecule has 2 amide bonds. The van der Waals surface area contributed by atoms with Gasteiger partial charge in [0.15, 0.2) is 16.9 Å². The zero-order chi connectivity index (χ0) is 52.6. The number of amides is 2. The zero-order valence-electron chi connectivity index (χ0n) is 41.8. The van der Waals surface area contributed by atoms with Crippen molar-refractivity contribution in [2.75, 3.05) is 18.2 Å². The third-order valence-corrected chi connectivity index (χ3v) is 19.9. The number of thioether (sulfide) groups is 1. The predicted molar refractivity (Wildman–Crippen MR) is 313 cm³/mol. The molecule has 0 spiro atoms. The van der Waals surface area contributed by atoms with Crippen molar-refractivity contribution in [2.45, 2.75) is 23.1 Å². The maximum Gasteiger partial charge on any atom is 0.356 e. The van der Waals surface area contributed by atoms with Crippen molar-refractivity contribution < 1.29 is 24.0 Å². The molecule has 9 aromatic rings. The van der Waals surface area contributed by atoms with Crippen LogP contribution in [0.3, 0.4) is 0 Å². The quantitative estimate of drug-likeness (QED) is 0.0231. The van der Waals surface area contributed by atoms with Crippen molar-refractivity contribution >= 4 is 80.3 Å². The van der Waals surface area contributed by atoms with Gasteiger partial charge < -0.3 is 20.2 Å². The van der Waals surface area contributed by atoms with Crippen LogP contribution in [0, 0.1) is 0 Å². The number of carbonyl (C=O) groups is 3. The second-order valence-electron chi connectivity index (χ2n) is 18.3. The van der Waals surface area contributed by atoms with Crippen molar-refractivity contribution in [1.82, 2.24) is 15.2 Å². The normalized spacial score (nSPS) is 15.5. The Balaban J connectivity index is 0.965. The molecule has 2 aliphatic heterocycles. The Hall–Kier alpha value is -8.54. The van der Waals surface area contributed by atoms with Gasteiger partial charge in [-0.25, -0.2) is 9.78 Å². The van der Waals surface area contributed by atoms with E-state index in [1.807, 2.05) is 170 Å². The molecular weight excluding hydrogens is 1010 g/mol. The summed E-state index contributed by atoms with van der Waals surface area (Å²) in [5.41, 5.74) is 4.54. The number of nitrogens with one attached hydrogen (secondary N) is 2. The van der Waals surface area contributed by atoms with E-state index in [0.717, 1.165) is 43.7 Å². The Kier molecular flexibility index (Phi) is 14.9. The average Bonchev–Trinajstić information content (AvgIpc) is 3.99. The van der Waals surface area contributed by atoms with E-state index >= 15 is 9.59 Å². The Morgan fingerprint density at radius 3 is 1.52 bits per heavy atom. The fraction of sp³-hybridized carbons (Fsp3) is 0.0938. The number of benzene rings is 8. The second kappa shape index (κ2) is 22.7. The number of hydrogen-bond acceptors (Lipinski definition) is 10. The molecule has 2 atom stereocenters. The largest absolute Gasteiger partial charge is 0.448 e.